The quantitative estimate of drug-likeness (QED) is 0.705. The Hall–Kier alpha value is -0.610. The number of nitrogens with one attached hydrogen (secondary N) is 1. The molecule has 0 aromatic rings. The minimum atomic E-state index is -0.173. The van der Waals surface area contributed by atoms with Crippen LogP contribution in [0.3, 0.4) is 0 Å². The molecule has 3 aliphatic rings. The van der Waals surface area contributed by atoms with E-state index in [-0.39, 0.29) is 17.6 Å². The van der Waals surface area contributed by atoms with Gasteiger partial charge in [-0.25, -0.2) is 0 Å². The summed E-state index contributed by atoms with van der Waals surface area (Å²) >= 11 is 0. The normalized spacial score (nSPS) is 32.9. The average molecular weight is 224 g/mol. The zero-order chi connectivity index (χ0) is 11.2. The molecule has 1 spiro atoms. The predicted octanol–water partition coefficient (Wildman–Crippen LogP) is 0.376. The first-order valence-electron chi connectivity index (χ1n) is 6.33. The van der Waals surface area contributed by atoms with Crippen LogP contribution in [0.15, 0.2) is 0 Å². The SMILES string of the molecule is COC1C(=O)N(CC2CC2)C12CCNCC2. The first-order valence-corrected chi connectivity index (χ1v) is 6.33. The summed E-state index contributed by atoms with van der Waals surface area (Å²) in [6, 6.07) is 0. The summed E-state index contributed by atoms with van der Waals surface area (Å²) in [5, 5.41) is 3.36. The second-order valence-corrected chi connectivity index (χ2v) is 5.36. The smallest absolute Gasteiger partial charge is 0.254 e. The lowest BCUT2D eigenvalue weighted by molar-refractivity contribution is -0.195. The minimum absolute atomic E-state index is 0.0275. The molecule has 1 unspecified atom stereocenters. The highest BCUT2D eigenvalue weighted by molar-refractivity contribution is 5.90. The number of likely N-dealkylation sites (tertiary alicyclic amines) is 1. The van der Waals surface area contributed by atoms with Crippen LogP contribution in [-0.2, 0) is 9.53 Å². The molecule has 4 nitrogen and oxygen atoms in total. The first kappa shape index (κ1) is 10.5. The van der Waals surface area contributed by atoms with Crippen LogP contribution in [-0.4, -0.2) is 49.2 Å². The van der Waals surface area contributed by atoms with Gasteiger partial charge in [-0.05, 0) is 44.7 Å². The van der Waals surface area contributed by atoms with Crippen LogP contribution in [0.1, 0.15) is 25.7 Å². The molecule has 3 rings (SSSR count). The molecule has 0 radical (unpaired) electrons. The van der Waals surface area contributed by atoms with Gasteiger partial charge in [-0.15, -0.1) is 0 Å². The zero-order valence-electron chi connectivity index (χ0n) is 9.87. The molecular formula is C12H20N2O2. The standard InChI is InChI=1S/C12H20N2O2/c1-16-10-11(15)14(8-9-2-3-9)12(10)4-6-13-7-5-12/h9-10,13H,2-8H2,1H3. The van der Waals surface area contributed by atoms with E-state index in [1.54, 1.807) is 7.11 Å². The molecule has 16 heavy (non-hydrogen) atoms. The van der Waals surface area contributed by atoms with Crippen molar-refractivity contribution in [1.82, 2.24) is 10.2 Å². The summed E-state index contributed by atoms with van der Waals surface area (Å²) in [6.07, 6.45) is 4.52. The number of ether oxygens (including phenoxy) is 1. The van der Waals surface area contributed by atoms with Crippen molar-refractivity contribution in [3.63, 3.8) is 0 Å². The number of β-lactam (4-membered cyclic amide) rings is 1. The van der Waals surface area contributed by atoms with Crippen molar-refractivity contribution >= 4 is 5.91 Å². The summed E-state index contributed by atoms with van der Waals surface area (Å²) in [6.45, 7) is 2.99. The Morgan fingerprint density at radius 1 is 1.44 bits per heavy atom. The van der Waals surface area contributed by atoms with E-state index in [4.69, 9.17) is 4.74 Å². The second-order valence-electron chi connectivity index (χ2n) is 5.36. The number of carbonyl (C=O) groups excluding carboxylic acids is 1. The van der Waals surface area contributed by atoms with E-state index < -0.39 is 0 Å². The van der Waals surface area contributed by atoms with Gasteiger partial charge in [0.25, 0.3) is 5.91 Å². The van der Waals surface area contributed by atoms with E-state index in [2.05, 4.69) is 10.2 Å². The number of carbonyl (C=O) groups is 1. The molecule has 3 fully saturated rings. The summed E-state index contributed by atoms with van der Waals surface area (Å²) in [5.74, 6) is 0.991. The predicted molar refractivity (Wildman–Crippen MR) is 60.1 cm³/mol. The fourth-order valence-electron chi connectivity index (χ4n) is 3.21. The van der Waals surface area contributed by atoms with Crippen molar-refractivity contribution in [3.05, 3.63) is 0 Å². The highest BCUT2D eigenvalue weighted by Gasteiger charge is 2.60. The maximum atomic E-state index is 12.0. The van der Waals surface area contributed by atoms with Crippen LogP contribution in [0.2, 0.25) is 0 Å². The maximum absolute atomic E-state index is 12.0. The second kappa shape index (κ2) is 3.70. The molecule has 0 aromatic carbocycles. The first-order chi connectivity index (χ1) is 7.78. The van der Waals surface area contributed by atoms with Gasteiger partial charge in [-0.2, -0.15) is 0 Å². The average Bonchev–Trinajstić information content (AvgIpc) is 3.12. The Labute approximate surface area is 96.3 Å². The van der Waals surface area contributed by atoms with Gasteiger partial charge in [-0.1, -0.05) is 0 Å². The molecule has 1 amide bonds. The molecule has 2 aliphatic heterocycles. The van der Waals surface area contributed by atoms with Crippen LogP contribution in [0.25, 0.3) is 0 Å². The Kier molecular flexibility index (Phi) is 2.44. The number of hydrogen-bond acceptors (Lipinski definition) is 3. The number of hydrogen-bond donors (Lipinski definition) is 1. The van der Waals surface area contributed by atoms with Gasteiger partial charge < -0.3 is 15.0 Å². The van der Waals surface area contributed by atoms with Crippen LogP contribution in [0, 0.1) is 5.92 Å². The van der Waals surface area contributed by atoms with Gasteiger partial charge in [0.05, 0.1) is 5.54 Å². The van der Waals surface area contributed by atoms with E-state index in [0.717, 1.165) is 38.4 Å². The van der Waals surface area contributed by atoms with Gasteiger partial charge in [0.15, 0.2) is 6.10 Å². The lowest BCUT2D eigenvalue weighted by atomic mass is 9.73. The van der Waals surface area contributed by atoms with Crippen LogP contribution >= 0.6 is 0 Å². The van der Waals surface area contributed by atoms with Crippen molar-refractivity contribution < 1.29 is 9.53 Å². The fraction of sp³-hybridized carbons (Fsp3) is 0.917. The molecule has 0 aromatic heterocycles. The summed E-state index contributed by atoms with van der Waals surface area (Å²) in [4.78, 5) is 14.1. The van der Waals surface area contributed by atoms with Gasteiger partial charge in [0.2, 0.25) is 0 Å². The summed E-state index contributed by atoms with van der Waals surface area (Å²) in [7, 11) is 1.67. The zero-order valence-corrected chi connectivity index (χ0v) is 9.87. The Bertz CT molecular complexity index is 295. The molecule has 0 bridgehead atoms. The number of piperidine rings is 1. The number of nitrogens with zero attached hydrogens (tertiary/aromatic N) is 1. The van der Waals surface area contributed by atoms with Crippen molar-refractivity contribution in [2.45, 2.75) is 37.3 Å². The highest BCUT2D eigenvalue weighted by Crippen LogP contribution is 2.44. The van der Waals surface area contributed by atoms with E-state index in [1.807, 2.05) is 0 Å². The monoisotopic (exact) mass is 224 g/mol. The Morgan fingerprint density at radius 2 is 2.12 bits per heavy atom. The van der Waals surface area contributed by atoms with Crippen molar-refractivity contribution in [3.8, 4) is 0 Å². The van der Waals surface area contributed by atoms with E-state index in [0.29, 0.717) is 0 Å². The summed E-state index contributed by atoms with van der Waals surface area (Å²) < 4.78 is 5.40. The molecule has 4 heteroatoms. The lowest BCUT2D eigenvalue weighted by Crippen LogP contribution is -2.77. The summed E-state index contributed by atoms with van der Waals surface area (Å²) in [5.41, 5.74) is 0.0275. The third-order valence-corrected chi connectivity index (χ3v) is 4.36. The number of rotatable bonds is 3. The molecule has 1 aliphatic carbocycles. The van der Waals surface area contributed by atoms with E-state index in [9.17, 15) is 4.79 Å². The Morgan fingerprint density at radius 3 is 2.69 bits per heavy atom. The Balaban J connectivity index is 1.76. The van der Waals surface area contributed by atoms with Crippen LogP contribution < -0.4 is 5.32 Å². The highest BCUT2D eigenvalue weighted by atomic mass is 16.5. The molecule has 1 atom stereocenters. The largest absolute Gasteiger partial charge is 0.369 e. The third kappa shape index (κ3) is 1.39. The fourth-order valence-corrected chi connectivity index (χ4v) is 3.21. The molecule has 1 saturated carbocycles. The third-order valence-electron chi connectivity index (χ3n) is 4.36. The number of amides is 1. The van der Waals surface area contributed by atoms with Crippen LogP contribution in [0.5, 0.6) is 0 Å². The number of methoxy groups -OCH3 is 1. The topological polar surface area (TPSA) is 41.6 Å². The van der Waals surface area contributed by atoms with Crippen molar-refractivity contribution in [1.29, 1.82) is 0 Å². The molecule has 2 heterocycles. The molecule has 2 saturated heterocycles. The lowest BCUT2D eigenvalue weighted by Gasteiger charge is -2.58. The van der Waals surface area contributed by atoms with E-state index in [1.165, 1.54) is 12.8 Å². The molecular weight excluding hydrogens is 204 g/mol. The van der Waals surface area contributed by atoms with Gasteiger partial charge in [-0.3, -0.25) is 4.79 Å². The van der Waals surface area contributed by atoms with Crippen LogP contribution in [0.4, 0.5) is 0 Å². The van der Waals surface area contributed by atoms with Gasteiger partial charge in [0.1, 0.15) is 0 Å². The van der Waals surface area contributed by atoms with Gasteiger partial charge in [0, 0.05) is 13.7 Å². The molecule has 90 valence electrons. The maximum Gasteiger partial charge on any atom is 0.254 e. The van der Waals surface area contributed by atoms with Gasteiger partial charge >= 0.3 is 0 Å². The van der Waals surface area contributed by atoms with Crippen molar-refractivity contribution in [2.75, 3.05) is 26.7 Å². The molecule has 1 N–H and O–H groups in total. The van der Waals surface area contributed by atoms with E-state index >= 15 is 0 Å². The van der Waals surface area contributed by atoms with Crippen molar-refractivity contribution in [2.24, 2.45) is 5.92 Å². The minimum Gasteiger partial charge on any atom is -0.369 e.